The minimum atomic E-state index is -1.05. The summed E-state index contributed by atoms with van der Waals surface area (Å²) < 4.78 is 11.0. The lowest BCUT2D eigenvalue weighted by Crippen LogP contribution is -2.55. The average Bonchev–Trinajstić information content (AvgIpc) is 2.97. The molecule has 0 saturated carbocycles. The standard InChI is InChI=1S/C32H51N5O8/c1-20(2)18-24-23(28(39)37-43)10-9-17-44-22-14-12-21(13-15-22)19-26(36-27(24)38)30(41)35-25(29(40)33-6)11-7-8-16-34-31(42)45-32(3,4)5/h12-15,20,23-26,43H,7-11,16-19H2,1-6H3,(H,33,40)(H,34,42)(H,35,41)(H,36,38)(H,37,39)/t23-,24+,25-,26-/m0/s1. The predicted molar refractivity (Wildman–Crippen MR) is 167 cm³/mol. The van der Waals surface area contributed by atoms with E-state index in [1.807, 2.05) is 26.0 Å². The van der Waals surface area contributed by atoms with Crippen LogP contribution in [0.1, 0.15) is 78.7 Å². The fourth-order valence-corrected chi connectivity index (χ4v) is 5.19. The van der Waals surface area contributed by atoms with Gasteiger partial charge in [0.25, 0.3) is 0 Å². The molecule has 2 bridgehead atoms. The number of unbranched alkanes of at least 4 members (excludes halogenated alkanes) is 1. The molecule has 0 spiro atoms. The second kappa shape index (κ2) is 18.2. The normalized spacial score (nSPS) is 19.7. The molecule has 0 saturated heterocycles. The van der Waals surface area contributed by atoms with Gasteiger partial charge in [-0.3, -0.25) is 24.4 Å². The number of alkyl carbamates (subject to hydrolysis) is 1. The van der Waals surface area contributed by atoms with Crippen molar-refractivity contribution in [2.75, 3.05) is 20.2 Å². The number of carbonyl (C=O) groups excluding carboxylic acids is 5. The number of fused-ring (bicyclic) bond motifs is 11. The van der Waals surface area contributed by atoms with E-state index < -0.39 is 59.2 Å². The smallest absolute Gasteiger partial charge is 0.407 e. The first-order valence-corrected chi connectivity index (χ1v) is 15.7. The highest BCUT2D eigenvalue weighted by Crippen LogP contribution is 2.27. The first kappa shape index (κ1) is 37.3. The number of hydroxylamine groups is 1. The monoisotopic (exact) mass is 633 g/mol. The summed E-state index contributed by atoms with van der Waals surface area (Å²) in [6.07, 6.45) is 2.05. The number of carbonyl (C=O) groups is 5. The highest BCUT2D eigenvalue weighted by atomic mass is 16.6. The molecule has 3 rings (SSSR count). The number of benzene rings is 1. The predicted octanol–water partition coefficient (Wildman–Crippen LogP) is 2.60. The van der Waals surface area contributed by atoms with Gasteiger partial charge < -0.3 is 30.7 Å². The van der Waals surface area contributed by atoms with Crippen LogP contribution in [0.5, 0.6) is 5.75 Å². The summed E-state index contributed by atoms with van der Waals surface area (Å²) in [7, 11) is 1.47. The lowest BCUT2D eigenvalue weighted by molar-refractivity contribution is -0.142. The molecule has 6 N–H and O–H groups in total. The zero-order valence-corrected chi connectivity index (χ0v) is 27.4. The highest BCUT2D eigenvalue weighted by Gasteiger charge is 2.36. The number of rotatable bonds is 11. The number of amides is 5. The summed E-state index contributed by atoms with van der Waals surface area (Å²) >= 11 is 0. The van der Waals surface area contributed by atoms with Gasteiger partial charge in [-0.1, -0.05) is 26.0 Å². The van der Waals surface area contributed by atoms with Crippen molar-refractivity contribution < 1.29 is 38.7 Å². The summed E-state index contributed by atoms with van der Waals surface area (Å²) in [6, 6.07) is 5.24. The van der Waals surface area contributed by atoms with E-state index in [-0.39, 0.29) is 18.8 Å². The maximum atomic E-state index is 13.8. The van der Waals surface area contributed by atoms with Gasteiger partial charge in [0.2, 0.25) is 23.6 Å². The van der Waals surface area contributed by atoms with Crippen LogP contribution in [0.4, 0.5) is 4.79 Å². The van der Waals surface area contributed by atoms with Crippen LogP contribution < -0.4 is 31.5 Å². The summed E-state index contributed by atoms with van der Waals surface area (Å²) in [5, 5.41) is 20.4. The molecular formula is C32H51N5O8. The van der Waals surface area contributed by atoms with Gasteiger partial charge in [-0.2, -0.15) is 0 Å². The minimum absolute atomic E-state index is 0.0476. The van der Waals surface area contributed by atoms with Crippen LogP contribution in [0.2, 0.25) is 0 Å². The summed E-state index contributed by atoms with van der Waals surface area (Å²) in [5.41, 5.74) is 1.84. The molecule has 0 fully saturated rings. The molecule has 0 aliphatic carbocycles. The Hall–Kier alpha value is -3.87. The zero-order chi connectivity index (χ0) is 33.6. The Labute approximate surface area is 265 Å². The molecular weight excluding hydrogens is 582 g/mol. The van der Waals surface area contributed by atoms with Crippen molar-refractivity contribution in [2.45, 2.75) is 97.2 Å². The van der Waals surface area contributed by atoms with Crippen molar-refractivity contribution >= 4 is 29.7 Å². The molecule has 0 unspecified atom stereocenters. The van der Waals surface area contributed by atoms with E-state index in [9.17, 15) is 29.2 Å². The Morgan fingerprint density at radius 3 is 2.38 bits per heavy atom. The van der Waals surface area contributed by atoms with Gasteiger partial charge >= 0.3 is 6.09 Å². The second-order valence-corrected chi connectivity index (χ2v) is 12.8. The molecule has 45 heavy (non-hydrogen) atoms. The van der Waals surface area contributed by atoms with Crippen molar-refractivity contribution in [3.05, 3.63) is 29.8 Å². The number of nitrogens with one attached hydrogen (secondary N) is 5. The molecule has 5 amide bonds. The first-order valence-electron chi connectivity index (χ1n) is 15.7. The van der Waals surface area contributed by atoms with E-state index in [4.69, 9.17) is 9.47 Å². The molecule has 0 aromatic heterocycles. The molecule has 2 aliphatic heterocycles. The van der Waals surface area contributed by atoms with Gasteiger partial charge in [-0.15, -0.1) is 0 Å². The molecule has 2 heterocycles. The van der Waals surface area contributed by atoms with Crippen molar-refractivity contribution in [3.63, 3.8) is 0 Å². The van der Waals surface area contributed by atoms with Crippen molar-refractivity contribution in [2.24, 2.45) is 17.8 Å². The van der Waals surface area contributed by atoms with E-state index in [1.54, 1.807) is 38.4 Å². The van der Waals surface area contributed by atoms with E-state index >= 15 is 0 Å². The van der Waals surface area contributed by atoms with Crippen LogP contribution in [0, 0.1) is 17.8 Å². The molecule has 1 aromatic carbocycles. The first-order chi connectivity index (χ1) is 21.2. The summed E-state index contributed by atoms with van der Waals surface area (Å²) in [5.74, 6) is -3.10. The van der Waals surface area contributed by atoms with Crippen molar-refractivity contribution in [1.82, 2.24) is 26.7 Å². The van der Waals surface area contributed by atoms with Crippen LogP contribution in [-0.4, -0.2) is 72.8 Å². The maximum Gasteiger partial charge on any atom is 0.407 e. The van der Waals surface area contributed by atoms with Gasteiger partial charge in [0.1, 0.15) is 23.4 Å². The van der Waals surface area contributed by atoms with Crippen LogP contribution in [0.25, 0.3) is 0 Å². The van der Waals surface area contributed by atoms with Gasteiger partial charge in [0, 0.05) is 25.9 Å². The van der Waals surface area contributed by atoms with E-state index in [1.165, 1.54) is 7.05 Å². The third-order valence-electron chi connectivity index (χ3n) is 7.39. The molecule has 252 valence electrons. The van der Waals surface area contributed by atoms with E-state index in [2.05, 4.69) is 21.3 Å². The van der Waals surface area contributed by atoms with Gasteiger partial charge in [0.05, 0.1) is 12.5 Å². The second-order valence-electron chi connectivity index (χ2n) is 12.8. The van der Waals surface area contributed by atoms with Crippen LogP contribution in [0.15, 0.2) is 24.3 Å². The third-order valence-corrected chi connectivity index (χ3v) is 7.39. The molecule has 13 nitrogen and oxygen atoms in total. The average molecular weight is 634 g/mol. The Morgan fingerprint density at radius 2 is 1.78 bits per heavy atom. The fraction of sp³-hybridized carbons (Fsp3) is 0.656. The Kier molecular flexibility index (Phi) is 15.1. The lowest BCUT2D eigenvalue weighted by atomic mass is 9.81. The molecule has 4 atom stereocenters. The number of hydrogen-bond acceptors (Lipinski definition) is 8. The number of ether oxygens (including phenoxy) is 2. The number of hydrogen-bond donors (Lipinski definition) is 6. The molecule has 2 aliphatic rings. The van der Waals surface area contributed by atoms with E-state index in [0.717, 1.165) is 5.56 Å². The van der Waals surface area contributed by atoms with Crippen LogP contribution in [0.3, 0.4) is 0 Å². The van der Waals surface area contributed by atoms with Gasteiger partial charge in [0.15, 0.2) is 0 Å². The van der Waals surface area contributed by atoms with Crippen LogP contribution >= 0.6 is 0 Å². The topological polar surface area (TPSA) is 184 Å². The Morgan fingerprint density at radius 1 is 1.09 bits per heavy atom. The Bertz CT molecular complexity index is 1140. The molecule has 13 heteroatoms. The molecule has 0 radical (unpaired) electrons. The zero-order valence-electron chi connectivity index (χ0n) is 27.4. The highest BCUT2D eigenvalue weighted by molar-refractivity contribution is 5.94. The third kappa shape index (κ3) is 13.3. The van der Waals surface area contributed by atoms with Crippen molar-refractivity contribution in [1.29, 1.82) is 0 Å². The summed E-state index contributed by atoms with van der Waals surface area (Å²) in [4.78, 5) is 64.8. The number of likely N-dealkylation sites (N-methyl/N-ethyl adjacent to an activating group) is 1. The minimum Gasteiger partial charge on any atom is -0.494 e. The van der Waals surface area contributed by atoms with Gasteiger partial charge in [-0.05, 0) is 82.9 Å². The fourth-order valence-electron chi connectivity index (χ4n) is 5.19. The lowest BCUT2D eigenvalue weighted by Gasteiger charge is -2.29. The van der Waals surface area contributed by atoms with E-state index in [0.29, 0.717) is 51.0 Å². The summed E-state index contributed by atoms with van der Waals surface area (Å²) in [6.45, 7) is 9.84. The largest absolute Gasteiger partial charge is 0.494 e. The quantitative estimate of drug-likeness (QED) is 0.122. The van der Waals surface area contributed by atoms with Crippen molar-refractivity contribution in [3.8, 4) is 5.75 Å². The van der Waals surface area contributed by atoms with Gasteiger partial charge in [-0.25, -0.2) is 10.3 Å². The maximum absolute atomic E-state index is 13.8. The van der Waals surface area contributed by atoms with Crippen LogP contribution in [-0.2, 0) is 30.3 Å². The SMILES string of the molecule is CNC(=O)[C@H](CCCCNC(=O)OC(C)(C)C)NC(=O)[C@@H]1Cc2ccc(cc2)OCCC[C@H](C(=O)NO)[C@@H](CC(C)C)C(=O)N1. The Balaban J connectivity index is 2.24. The molecule has 1 aromatic rings.